The van der Waals surface area contributed by atoms with Gasteiger partial charge in [0, 0.05) is 38.3 Å². The topological polar surface area (TPSA) is 36.0 Å². The van der Waals surface area contributed by atoms with E-state index in [2.05, 4.69) is 82.6 Å². The van der Waals surface area contributed by atoms with E-state index in [1.807, 2.05) is 17.0 Å². The van der Waals surface area contributed by atoms with Crippen molar-refractivity contribution in [2.75, 3.05) is 38.3 Å². The van der Waals surface area contributed by atoms with E-state index in [1.54, 1.807) is 7.11 Å². The Morgan fingerprint density at radius 1 is 0.853 bits per heavy atom. The number of nitrogens with zero attached hydrogens (tertiary/aromatic N) is 3. The van der Waals surface area contributed by atoms with E-state index in [0.717, 1.165) is 38.2 Å². The fourth-order valence-corrected chi connectivity index (χ4v) is 5.41. The molecule has 0 radical (unpaired) electrons. The molecule has 1 unspecified atom stereocenters. The highest BCUT2D eigenvalue weighted by Crippen LogP contribution is 2.43. The zero-order chi connectivity index (χ0) is 23.3. The number of anilines is 1. The van der Waals surface area contributed by atoms with E-state index in [1.165, 1.54) is 16.7 Å². The normalized spacial score (nSPS) is 19.3. The molecule has 1 saturated heterocycles. The molecule has 176 valence electrons. The first-order valence-electron chi connectivity index (χ1n) is 12.2. The van der Waals surface area contributed by atoms with E-state index >= 15 is 0 Å². The summed E-state index contributed by atoms with van der Waals surface area (Å²) in [5, 5.41) is 0. The third-order valence-corrected chi connectivity index (χ3v) is 7.09. The molecule has 5 nitrogen and oxygen atoms in total. The Bertz CT molecular complexity index is 1080. The highest BCUT2D eigenvalue weighted by molar-refractivity contribution is 5.96. The molecule has 3 aromatic rings. The molecule has 0 aliphatic carbocycles. The van der Waals surface area contributed by atoms with Crippen molar-refractivity contribution in [3.05, 3.63) is 102 Å². The maximum Gasteiger partial charge on any atom is 0.325 e. The van der Waals surface area contributed by atoms with Crippen LogP contribution in [-0.4, -0.2) is 55.2 Å². The Kier molecular flexibility index (Phi) is 6.93. The second kappa shape index (κ2) is 10.4. The predicted octanol–water partition coefficient (Wildman–Crippen LogP) is 5.33. The molecular formula is C29H33N3O2. The van der Waals surface area contributed by atoms with Crippen LogP contribution in [0, 0.1) is 0 Å². The zero-order valence-electron chi connectivity index (χ0n) is 19.8. The molecule has 0 aromatic heterocycles. The average Bonchev–Trinajstić information content (AvgIpc) is 2.89. The van der Waals surface area contributed by atoms with Gasteiger partial charge < -0.3 is 9.64 Å². The molecule has 34 heavy (non-hydrogen) atoms. The first kappa shape index (κ1) is 22.6. The van der Waals surface area contributed by atoms with Crippen LogP contribution in [0.1, 0.15) is 35.6 Å². The summed E-state index contributed by atoms with van der Waals surface area (Å²) < 4.78 is 5.35. The minimum Gasteiger partial charge on any atom is -0.383 e. The number of para-hydroxylation sites is 1. The Morgan fingerprint density at radius 2 is 1.50 bits per heavy atom. The molecule has 0 saturated carbocycles. The number of fused-ring (bicyclic) bond motifs is 1. The molecule has 5 heteroatoms. The quantitative estimate of drug-likeness (QED) is 0.483. The van der Waals surface area contributed by atoms with Gasteiger partial charge in [0.25, 0.3) is 0 Å². The van der Waals surface area contributed by atoms with Crippen molar-refractivity contribution >= 4 is 11.7 Å². The van der Waals surface area contributed by atoms with Crippen LogP contribution in [0.4, 0.5) is 10.5 Å². The molecule has 0 spiro atoms. The number of hydrogen-bond donors (Lipinski definition) is 0. The summed E-state index contributed by atoms with van der Waals surface area (Å²) in [4.78, 5) is 20.6. The number of likely N-dealkylation sites (tertiary alicyclic amines) is 1. The molecule has 1 atom stereocenters. The molecule has 3 aromatic carbocycles. The summed E-state index contributed by atoms with van der Waals surface area (Å²) in [7, 11) is 1.69. The predicted molar refractivity (Wildman–Crippen MR) is 136 cm³/mol. The van der Waals surface area contributed by atoms with Gasteiger partial charge in [0.05, 0.1) is 24.9 Å². The molecule has 0 N–H and O–H groups in total. The minimum atomic E-state index is -0.0747. The highest BCUT2D eigenvalue weighted by atomic mass is 16.5. The van der Waals surface area contributed by atoms with Crippen LogP contribution >= 0.6 is 0 Å². The second-order valence-corrected chi connectivity index (χ2v) is 9.20. The smallest absolute Gasteiger partial charge is 0.325 e. The number of methoxy groups -OCH3 is 1. The summed E-state index contributed by atoms with van der Waals surface area (Å²) >= 11 is 0. The number of benzene rings is 3. The van der Waals surface area contributed by atoms with Gasteiger partial charge in [-0.1, -0.05) is 78.9 Å². The lowest BCUT2D eigenvalue weighted by Crippen LogP contribution is -2.56. The summed E-state index contributed by atoms with van der Waals surface area (Å²) in [6.45, 7) is 4.01. The number of amides is 2. The summed E-state index contributed by atoms with van der Waals surface area (Å²) in [5.74, 6) is 0. The summed E-state index contributed by atoms with van der Waals surface area (Å²) in [6.07, 6.45) is 1.95. The SMILES string of the molecule is COCCN1C(=O)N(C2CCN(Cc3ccccc3)CC2)C(c2ccccc2)c2ccccc21. The molecule has 2 aliphatic heterocycles. The standard InChI is InChI=1S/C29H33N3O2/c1-34-21-20-31-27-15-9-8-14-26(27)28(24-12-6-3-7-13-24)32(29(31)33)25-16-18-30(19-17-25)22-23-10-4-2-5-11-23/h2-15,25,28H,16-22H2,1H3. The van der Waals surface area contributed by atoms with Crippen LogP contribution in [-0.2, 0) is 11.3 Å². The van der Waals surface area contributed by atoms with Gasteiger partial charge >= 0.3 is 6.03 Å². The monoisotopic (exact) mass is 455 g/mol. The van der Waals surface area contributed by atoms with Crippen molar-refractivity contribution in [2.45, 2.75) is 31.5 Å². The van der Waals surface area contributed by atoms with Crippen LogP contribution < -0.4 is 4.90 Å². The number of rotatable bonds is 7. The third kappa shape index (κ3) is 4.59. The van der Waals surface area contributed by atoms with Gasteiger partial charge in [0.15, 0.2) is 0 Å². The van der Waals surface area contributed by atoms with Gasteiger partial charge in [-0.3, -0.25) is 9.80 Å². The molecule has 1 fully saturated rings. The lowest BCUT2D eigenvalue weighted by molar-refractivity contribution is 0.1000. The van der Waals surface area contributed by atoms with Gasteiger partial charge in [0.1, 0.15) is 0 Å². The largest absolute Gasteiger partial charge is 0.383 e. The van der Waals surface area contributed by atoms with Crippen molar-refractivity contribution in [1.82, 2.24) is 9.80 Å². The Morgan fingerprint density at radius 3 is 2.21 bits per heavy atom. The van der Waals surface area contributed by atoms with Crippen LogP contribution in [0.2, 0.25) is 0 Å². The maximum absolute atomic E-state index is 14.0. The number of carbonyl (C=O) groups is 1. The molecule has 2 aliphatic rings. The zero-order valence-corrected chi connectivity index (χ0v) is 19.8. The average molecular weight is 456 g/mol. The maximum atomic E-state index is 14.0. The third-order valence-electron chi connectivity index (χ3n) is 7.09. The molecular weight excluding hydrogens is 422 g/mol. The van der Waals surface area contributed by atoms with Gasteiger partial charge in [0.2, 0.25) is 0 Å². The van der Waals surface area contributed by atoms with E-state index < -0.39 is 0 Å². The summed E-state index contributed by atoms with van der Waals surface area (Å²) in [5.41, 5.74) is 4.70. The first-order chi connectivity index (χ1) is 16.8. The number of carbonyl (C=O) groups excluding carboxylic acids is 1. The second-order valence-electron chi connectivity index (χ2n) is 9.20. The molecule has 5 rings (SSSR count). The van der Waals surface area contributed by atoms with Crippen molar-refractivity contribution in [3.8, 4) is 0 Å². The molecule has 0 bridgehead atoms. The summed E-state index contributed by atoms with van der Waals surface area (Å²) in [6, 6.07) is 29.7. The van der Waals surface area contributed by atoms with Crippen LogP contribution in [0.25, 0.3) is 0 Å². The molecule has 2 amide bonds. The van der Waals surface area contributed by atoms with E-state index in [0.29, 0.717) is 13.2 Å². The van der Waals surface area contributed by atoms with Crippen molar-refractivity contribution in [2.24, 2.45) is 0 Å². The number of piperidine rings is 1. The van der Waals surface area contributed by atoms with Crippen LogP contribution in [0.15, 0.2) is 84.9 Å². The van der Waals surface area contributed by atoms with Gasteiger partial charge in [-0.2, -0.15) is 0 Å². The lowest BCUT2D eigenvalue weighted by atomic mass is 9.90. The van der Waals surface area contributed by atoms with E-state index in [9.17, 15) is 4.79 Å². The van der Waals surface area contributed by atoms with Gasteiger partial charge in [-0.25, -0.2) is 4.79 Å². The van der Waals surface area contributed by atoms with Crippen molar-refractivity contribution < 1.29 is 9.53 Å². The molecule has 2 heterocycles. The van der Waals surface area contributed by atoms with Crippen molar-refractivity contribution in [3.63, 3.8) is 0 Å². The minimum absolute atomic E-state index is 0.0747. The Balaban J connectivity index is 1.44. The highest BCUT2D eigenvalue weighted by Gasteiger charge is 2.42. The lowest BCUT2D eigenvalue weighted by Gasteiger charge is -2.48. The number of urea groups is 1. The Hall–Kier alpha value is -3.15. The van der Waals surface area contributed by atoms with Gasteiger partial charge in [-0.15, -0.1) is 0 Å². The van der Waals surface area contributed by atoms with Crippen LogP contribution in [0.5, 0.6) is 0 Å². The Labute approximate surface area is 202 Å². The van der Waals surface area contributed by atoms with Gasteiger partial charge in [-0.05, 0) is 30.0 Å². The first-order valence-corrected chi connectivity index (χ1v) is 12.2. The number of ether oxygens (including phenoxy) is 1. The fourth-order valence-electron chi connectivity index (χ4n) is 5.41. The van der Waals surface area contributed by atoms with E-state index in [-0.39, 0.29) is 18.1 Å². The number of hydrogen-bond acceptors (Lipinski definition) is 3. The fraction of sp³-hybridized carbons (Fsp3) is 0.345. The van der Waals surface area contributed by atoms with Crippen molar-refractivity contribution in [1.29, 1.82) is 0 Å². The van der Waals surface area contributed by atoms with E-state index in [4.69, 9.17) is 4.74 Å². The van der Waals surface area contributed by atoms with Crippen LogP contribution in [0.3, 0.4) is 0 Å².